The normalized spacial score (nSPS) is 28.9. The van der Waals surface area contributed by atoms with Gasteiger partial charge in [0.1, 0.15) is 0 Å². The maximum absolute atomic E-state index is 11.6. The first-order chi connectivity index (χ1) is 9.00. The van der Waals surface area contributed by atoms with Crippen LogP contribution in [0, 0.1) is 11.8 Å². The minimum absolute atomic E-state index is 0.0187. The third kappa shape index (κ3) is 5.49. The lowest BCUT2D eigenvalue weighted by Gasteiger charge is -2.35. The SMILES string of the molecule is CCOC(=O)C1CCC(O)(CNCC(C)CC)CC1. The Morgan fingerprint density at radius 3 is 2.58 bits per heavy atom. The summed E-state index contributed by atoms with van der Waals surface area (Å²) in [6, 6.07) is 0. The monoisotopic (exact) mass is 271 g/mol. The molecule has 0 bridgehead atoms. The first-order valence-corrected chi connectivity index (χ1v) is 7.60. The highest BCUT2D eigenvalue weighted by molar-refractivity contribution is 5.72. The topological polar surface area (TPSA) is 58.6 Å². The Morgan fingerprint density at radius 1 is 1.42 bits per heavy atom. The summed E-state index contributed by atoms with van der Waals surface area (Å²) in [5.41, 5.74) is -0.642. The molecule has 112 valence electrons. The lowest BCUT2D eigenvalue weighted by atomic mass is 9.78. The number of aliphatic hydroxyl groups is 1. The molecule has 0 aromatic rings. The molecule has 0 saturated heterocycles. The maximum atomic E-state index is 11.6. The molecule has 1 aliphatic carbocycles. The van der Waals surface area contributed by atoms with Crippen molar-refractivity contribution in [2.24, 2.45) is 11.8 Å². The number of hydrogen-bond acceptors (Lipinski definition) is 4. The Labute approximate surface area is 116 Å². The van der Waals surface area contributed by atoms with Crippen molar-refractivity contribution in [1.82, 2.24) is 5.32 Å². The minimum Gasteiger partial charge on any atom is -0.466 e. The van der Waals surface area contributed by atoms with Crippen LogP contribution in [0.1, 0.15) is 52.9 Å². The lowest BCUT2D eigenvalue weighted by molar-refractivity contribution is -0.151. The number of rotatable bonds is 7. The van der Waals surface area contributed by atoms with Gasteiger partial charge in [-0.3, -0.25) is 4.79 Å². The molecule has 1 saturated carbocycles. The molecular weight excluding hydrogens is 242 g/mol. The van der Waals surface area contributed by atoms with Gasteiger partial charge in [0, 0.05) is 6.54 Å². The molecule has 1 rings (SSSR count). The summed E-state index contributed by atoms with van der Waals surface area (Å²) in [7, 11) is 0. The van der Waals surface area contributed by atoms with E-state index in [1.54, 1.807) is 0 Å². The van der Waals surface area contributed by atoms with E-state index < -0.39 is 5.60 Å². The second-order valence-corrected chi connectivity index (χ2v) is 5.89. The van der Waals surface area contributed by atoms with E-state index in [1.165, 1.54) is 0 Å². The van der Waals surface area contributed by atoms with E-state index in [4.69, 9.17) is 4.74 Å². The van der Waals surface area contributed by atoms with Crippen molar-refractivity contribution in [2.45, 2.75) is 58.5 Å². The van der Waals surface area contributed by atoms with Gasteiger partial charge in [0.25, 0.3) is 0 Å². The summed E-state index contributed by atoms with van der Waals surface area (Å²) < 4.78 is 5.04. The highest BCUT2D eigenvalue weighted by atomic mass is 16.5. The average molecular weight is 271 g/mol. The van der Waals surface area contributed by atoms with Gasteiger partial charge in [0.15, 0.2) is 0 Å². The van der Waals surface area contributed by atoms with Crippen LogP contribution in [0.25, 0.3) is 0 Å². The molecule has 2 N–H and O–H groups in total. The van der Waals surface area contributed by atoms with E-state index in [0.29, 0.717) is 31.9 Å². The second kappa shape index (κ2) is 7.85. The van der Waals surface area contributed by atoms with Gasteiger partial charge in [-0.25, -0.2) is 0 Å². The first kappa shape index (κ1) is 16.4. The van der Waals surface area contributed by atoms with Crippen molar-refractivity contribution in [3.05, 3.63) is 0 Å². The third-order valence-corrected chi connectivity index (χ3v) is 4.18. The molecular formula is C15H29NO3. The van der Waals surface area contributed by atoms with Gasteiger partial charge in [0.2, 0.25) is 0 Å². The number of nitrogens with one attached hydrogen (secondary N) is 1. The molecule has 0 radical (unpaired) electrons. The molecule has 0 spiro atoms. The lowest BCUT2D eigenvalue weighted by Crippen LogP contribution is -2.45. The minimum atomic E-state index is -0.642. The molecule has 0 aromatic heterocycles. The van der Waals surface area contributed by atoms with Crippen LogP contribution >= 0.6 is 0 Å². The fraction of sp³-hybridized carbons (Fsp3) is 0.933. The van der Waals surface area contributed by atoms with E-state index >= 15 is 0 Å². The molecule has 19 heavy (non-hydrogen) atoms. The van der Waals surface area contributed by atoms with E-state index in [1.807, 2.05) is 6.92 Å². The highest BCUT2D eigenvalue weighted by Gasteiger charge is 2.35. The van der Waals surface area contributed by atoms with Gasteiger partial charge in [0.05, 0.1) is 18.1 Å². The van der Waals surface area contributed by atoms with Gasteiger partial charge in [-0.15, -0.1) is 0 Å². The zero-order valence-corrected chi connectivity index (χ0v) is 12.6. The molecule has 0 aliphatic heterocycles. The van der Waals surface area contributed by atoms with Crippen LogP contribution in [-0.2, 0) is 9.53 Å². The fourth-order valence-corrected chi connectivity index (χ4v) is 2.52. The summed E-state index contributed by atoms with van der Waals surface area (Å²) in [6.07, 6.45) is 3.99. The van der Waals surface area contributed by atoms with Gasteiger partial charge >= 0.3 is 5.97 Å². The van der Waals surface area contributed by atoms with E-state index in [-0.39, 0.29) is 11.9 Å². The predicted molar refractivity (Wildman–Crippen MR) is 75.9 cm³/mol. The average Bonchev–Trinajstić information content (AvgIpc) is 2.39. The van der Waals surface area contributed by atoms with Crippen molar-refractivity contribution < 1.29 is 14.6 Å². The smallest absolute Gasteiger partial charge is 0.308 e. The molecule has 0 aromatic carbocycles. The zero-order chi connectivity index (χ0) is 14.3. The Morgan fingerprint density at radius 2 is 2.05 bits per heavy atom. The van der Waals surface area contributed by atoms with Crippen LogP contribution in [0.5, 0.6) is 0 Å². The van der Waals surface area contributed by atoms with Crippen molar-refractivity contribution in [3.8, 4) is 0 Å². The Hall–Kier alpha value is -0.610. The van der Waals surface area contributed by atoms with Crippen molar-refractivity contribution in [2.75, 3.05) is 19.7 Å². The van der Waals surface area contributed by atoms with Crippen LogP contribution in [0.4, 0.5) is 0 Å². The van der Waals surface area contributed by atoms with E-state index in [2.05, 4.69) is 19.2 Å². The molecule has 0 heterocycles. The predicted octanol–water partition coefficient (Wildman–Crippen LogP) is 2.11. The Bertz CT molecular complexity index is 273. The third-order valence-electron chi connectivity index (χ3n) is 4.18. The fourth-order valence-electron chi connectivity index (χ4n) is 2.52. The number of hydrogen-bond donors (Lipinski definition) is 2. The highest BCUT2D eigenvalue weighted by Crippen LogP contribution is 2.32. The van der Waals surface area contributed by atoms with Gasteiger partial charge in [-0.05, 0) is 45.1 Å². The Balaban J connectivity index is 2.28. The largest absolute Gasteiger partial charge is 0.466 e. The summed E-state index contributed by atoms with van der Waals surface area (Å²) in [6.45, 7) is 8.22. The van der Waals surface area contributed by atoms with Crippen molar-refractivity contribution in [3.63, 3.8) is 0 Å². The molecule has 4 heteroatoms. The second-order valence-electron chi connectivity index (χ2n) is 5.89. The molecule has 1 atom stereocenters. The molecule has 4 nitrogen and oxygen atoms in total. The van der Waals surface area contributed by atoms with Crippen LogP contribution in [0.2, 0.25) is 0 Å². The molecule has 1 unspecified atom stereocenters. The van der Waals surface area contributed by atoms with Crippen LogP contribution in [0.15, 0.2) is 0 Å². The molecule has 1 aliphatic rings. The summed E-state index contributed by atoms with van der Waals surface area (Å²) in [5.74, 6) is 0.520. The quantitative estimate of drug-likeness (QED) is 0.696. The van der Waals surface area contributed by atoms with E-state index in [0.717, 1.165) is 25.8 Å². The zero-order valence-electron chi connectivity index (χ0n) is 12.6. The maximum Gasteiger partial charge on any atom is 0.308 e. The van der Waals surface area contributed by atoms with Gasteiger partial charge in [-0.2, -0.15) is 0 Å². The number of carbonyl (C=O) groups is 1. The number of esters is 1. The summed E-state index contributed by atoms with van der Waals surface area (Å²) in [4.78, 5) is 11.6. The van der Waals surface area contributed by atoms with Crippen molar-refractivity contribution >= 4 is 5.97 Å². The molecule has 0 amide bonds. The first-order valence-electron chi connectivity index (χ1n) is 7.60. The standard InChI is InChI=1S/C15H29NO3/c1-4-12(3)10-16-11-15(18)8-6-13(7-9-15)14(17)19-5-2/h12-13,16,18H,4-11H2,1-3H3. The number of ether oxygens (including phenoxy) is 1. The van der Waals surface area contributed by atoms with Gasteiger partial charge in [-0.1, -0.05) is 20.3 Å². The Kier molecular flexibility index (Phi) is 6.80. The summed E-state index contributed by atoms with van der Waals surface area (Å²) >= 11 is 0. The van der Waals surface area contributed by atoms with E-state index in [9.17, 15) is 9.90 Å². The van der Waals surface area contributed by atoms with Crippen LogP contribution in [0.3, 0.4) is 0 Å². The van der Waals surface area contributed by atoms with Crippen molar-refractivity contribution in [1.29, 1.82) is 0 Å². The molecule has 1 fully saturated rings. The number of carbonyl (C=O) groups excluding carboxylic acids is 1. The summed E-state index contributed by atoms with van der Waals surface area (Å²) in [5, 5.41) is 13.8. The van der Waals surface area contributed by atoms with Crippen LogP contribution in [-0.4, -0.2) is 36.4 Å². The van der Waals surface area contributed by atoms with Crippen LogP contribution < -0.4 is 5.32 Å². The van der Waals surface area contributed by atoms with Gasteiger partial charge < -0.3 is 15.2 Å².